The number of nitrogens with one attached hydrogen (secondary N) is 2. The molecule has 0 amide bonds. The topological polar surface area (TPSA) is 70.1 Å². The van der Waals surface area contributed by atoms with Gasteiger partial charge in [-0.3, -0.25) is 9.79 Å². The molecule has 0 spiro atoms. The lowest BCUT2D eigenvalue weighted by molar-refractivity contribution is 0.430. The van der Waals surface area contributed by atoms with Crippen LogP contribution < -0.4 is 10.9 Å². The van der Waals surface area contributed by atoms with Crippen LogP contribution in [0.2, 0.25) is 0 Å². The Hall–Kier alpha value is -3.42. The summed E-state index contributed by atoms with van der Waals surface area (Å²) < 4.78 is 40.2. The molecule has 1 aromatic carbocycles. The fourth-order valence-electron chi connectivity index (χ4n) is 3.46. The van der Waals surface area contributed by atoms with Crippen molar-refractivity contribution in [1.82, 2.24) is 15.3 Å². The Kier molecular flexibility index (Phi) is 4.26. The lowest BCUT2D eigenvalue weighted by Crippen LogP contribution is -2.48. The number of rotatable bonds is 3. The highest BCUT2D eigenvalue weighted by Gasteiger charge is 2.45. The quantitative estimate of drug-likeness (QED) is 0.683. The summed E-state index contributed by atoms with van der Waals surface area (Å²) >= 11 is 0. The minimum Gasteiger partial charge on any atom is -0.353 e. The third kappa shape index (κ3) is 2.87. The zero-order valence-corrected chi connectivity index (χ0v) is 14.7. The summed E-state index contributed by atoms with van der Waals surface area (Å²) in [7, 11) is 0. The summed E-state index contributed by atoms with van der Waals surface area (Å²) in [6.45, 7) is 1.83. The van der Waals surface area contributed by atoms with Gasteiger partial charge in [-0.25, -0.2) is 13.8 Å². The molecule has 0 aliphatic carbocycles. The molecule has 142 valence electrons. The number of hydrogen-bond acceptors (Lipinski definition) is 4. The molecule has 0 radical (unpaired) electrons. The van der Waals surface area contributed by atoms with E-state index in [1.165, 1.54) is 30.5 Å². The predicted octanol–water partition coefficient (Wildman–Crippen LogP) is 2.87. The molecule has 5 nitrogen and oxygen atoms in total. The van der Waals surface area contributed by atoms with Crippen LogP contribution in [0.25, 0.3) is 0 Å². The molecule has 28 heavy (non-hydrogen) atoms. The van der Waals surface area contributed by atoms with Crippen molar-refractivity contribution in [2.24, 2.45) is 4.99 Å². The average molecular weight is 384 g/mol. The Morgan fingerprint density at radius 1 is 0.964 bits per heavy atom. The molecule has 0 fully saturated rings. The van der Waals surface area contributed by atoms with Gasteiger partial charge in [0.1, 0.15) is 17.2 Å². The van der Waals surface area contributed by atoms with Gasteiger partial charge in [0.2, 0.25) is 5.95 Å². The number of nitrogens with zero attached hydrogens (tertiary/aromatic N) is 2. The molecule has 2 atom stereocenters. The molecule has 8 heteroatoms. The average Bonchev–Trinajstić information content (AvgIpc) is 3.03. The molecule has 0 saturated heterocycles. The number of amidine groups is 1. The Bertz CT molecular complexity index is 1060. The fourth-order valence-corrected chi connectivity index (χ4v) is 3.46. The Morgan fingerprint density at radius 2 is 1.68 bits per heavy atom. The maximum Gasteiger partial charge on any atom is 0.284 e. The van der Waals surface area contributed by atoms with Gasteiger partial charge in [0.05, 0.1) is 11.7 Å². The van der Waals surface area contributed by atoms with Crippen molar-refractivity contribution >= 4 is 5.84 Å². The smallest absolute Gasteiger partial charge is 0.284 e. The molecule has 2 aromatic heterocycles. The first kappa shape index (κ1) is 18.0. The van der Waals surface area contributed by atoms with E-state index >= 15 is 0 Å². The van der Waals surface area contributed by atoms with Crippen LogP contribution in [0.3, 0.4) is 0 Å². The van der Waals surface area contributed by atoms with Crippen molar-refractivity contribution in [2.45, 2.75) is 18.5 Å². The molecule has 1 aliphatic heterocycles. The van der Waals surface area contributed by atoms with E-state index in [0.717, 1.165) is 6.07 Å². The second kappa shape index (κ2) is 6.63. The van der Waals surface area contributed by atoms with Gasteiger partial charge in [0, 0.05) is 11.8 Å². The van der Waals surface area contributed by atoms with Crippen LogP contribution in [0.5, 0.6) is 0 Å². The summed E-state index contributed by atoms with van der Waals surface area (Å²) in [5, 5.41) is 3.26. The Morgan fingerprint density at radius 3 is 2.32 bits per heavy atom. The monoisotopic (exact) mass is 384 g/mol. The molecule has 0 bridgehead atoms. The van der Waals surface area contributed by atoms with Crippen LogP contribution in [0, 0.1) is 17.6 Å². The Balaban J connectivity index is 1.85. The second-order valence-corrected chi connectivity index (χ2v) is 6.51. The molecule has 3 heterocycles. The lowest BCUT2D eigenvalue weighted by Gasteiger charge is -2.34. The molecular formula is C20H15F3N4O. The first-order valence-corrected chi connectivity index (χ1v) is 8.53. The molecule has 0 unspecified atom stereocenters. The standard InChI is InChI=1S/C20H15F3N4O/c1-11-20(12-2-5-14(21)6-3-12,13-4-9-17(23)24-10-13)27-18(25-11)16-8-7-15(22)19(28)26-16/h2-11H,1H3,(H,25,27)(H,26,28)/t11-,20+/m0/s1. The number of aromatic amines is 1. The zero-order chi connectivity index (χ0) is 19.9. The van der Waals surface area contributed by atoms with Crippen LogP contribution >= 0.6 is 0 Å². The number of aliphatic imine (C=N–C) groups is 1. The Labute approximate surface area is 158 Å². The largest absolute Gasteiger partial charge is 0.353 e. The summed E-state index contributed by atoms with van der Waals surface area (Å²) in [6, 6.07) is 10.7. The van der Waals surface area contributed by atoms with Crippen molar-refractivity contribution in [1.29, 1.82) is 0 Å². The van der Waals surface area contributed by atoms with E-state index in [4.69, 9.17) is 0 Å². The third-order valence-corrected chi connectivity index (χ3v) is 4.86. The normalized spacial score (nSPS) is 21.3. The lowest BCUT2D eigenvalue weighted by atomic mass is 9.79. The maximum atomic E-state index is 13.5. The maximum absolute atomic E-state index is 13.5. The fraction of sp³-hybridized carbons (Fsp3) is 0.150. The van der Waals surface area contributed by atoms with Crippen LogP contribution in [0.1, 0.15) is 23.7 Å². The van der Waals surface area contributed by atoms with Gasteiger partial charge in [-0.05, 0) is 42.8 Å². The molecule has 4 rings (SSSR count). The first-order valence-electron chi connectivity index (χ1n) is 8.53. The van der Waals surface area contributed by atoms with Gasteiger partial charge in [-0.15, -0.1) is 0 Å². The van der Waals surface area contributed by atoms with E-state index in [0.29, 0.717) is 22.7 Å². The highest BCUT2D eigenvalue weighted by atomic mass is 19.1. The van der Waals surface area contributed by atoms with Crippen molar-refractivity contribution in [2.75, 3.05) is 0 Å². The SMILES string of the molecule is C[C@@H]1N=C(c2ccc(F)c(=O)[nH]2)N[C@]1(c1ccc(F)cc1)c1ccc(F)nc1. The number of aromatic nitrogens is 2. The van der Waals surface area contributed by atoms with E-state index < -0.39 is 34.7 Å². The third-order valence-electron chi connectivity index (χ3n) is 4.86. The zero-order valence-electron chi connectivity index (χ0n) is 14.7. The number of pyridine rings is 2. The van der Waals surface area contributed by atoms with E-state index in [1.54, 1.807) is 18.2 Å². The van der Waals surface area contributed by atoms with Crippen molar-refractivity contribution in [3.05, 3.63) is 99.5 Å². The molecule has 3 aromatic rings. The molecule has 1 aliphatic rings. The minimum absolute atomic E-state index is 0.303. The summed E-state index contributed by atoms with van der Waals surface area (Å²) in [4.78, 5) is 22.4. The van der Waals surface area contributed by atoms with Crippen molar-refractivity contribution in [3.8, 4) is 0 Å². The summed E-state index contributed by atoms with van der Waals surface area (Å²) in [5.41, 5.74) is -0.251. The van der Waals surface area contributed by atoms with Gasteiger partial charge in [0.25, 0.3) is 5.56 Å². The van der Waals surface area contributed by atoms with Crippen LogP contribution in [-0.4, -0.2) is 21.8 Å². The number of benzene rings is 1. The van der Waals surface area contributed by atoms with Crippen molar-refractivity contribution in [3.63, 3.8) is 0 Å². The van der Waals surface area contributed by atoms with E-state index in [-0.39, 0.29) is 0 Å². The van der Waals surface area contributed by atoms with E-state index in [9.17, 15) is 18.0 Å². The summed E-state index contributed by atoms with van der Waals surface area (Å²) in [5.74, 6) is -1.60. The number of hydrogen-bond donors (Lipinski definition) is 2. The van der Waals surface area contributed by atoms with Gasteiger partial charge in [-0.2, -0.15) is 4.39 Å². The molecule has 2 N–H and O–H groups in total. The molecule has 0 saturated carbocycles. The minimum atomic E-state index is -0.977. The number of H-pyrrole nitrogens is 1. The highest BCUT2D eigenvalue weighted by molar-refractivity contribution is 5.99. The van der Waals surface area contributed by atoms with E-state index in [1.807, 2.05) is 6.92 Å². The highest BCUT2D eigenvalue weighted by Crippen LogP contribution is 2.38. The van der Waals surface area contributed by atoms with Crippen LogP contribution in [-0.2, 0) is 5.54 Å². The van der Waals surface area contributed by atoms with Gasteiger partial charge in [0.15, 0.2) is 5.82 Å². The number of halogens is 3. The van der Waals surface area contributed by atoms with Crippen molar-refractivity contribution < 1.29 is 13.2 Å². The van der Waals surface area contributed by atoms with Gasteiger partial charge >= 0.3 is 0 Å². The van der Waals surface area contributed by atoms with Gasteiger partial charge in [-0.1, -0.05) is 18.2 Å². The predicted molar refractivity (Wildman–Crippen MR) is 97.5 cm³/mol. The van der Waals surface area contributed by atoms with Crippen LogP contribution in [0.15, 0.2) is 64.5 Å². The second-order valence-electron chi connectivity index (χ2n) is 6.51. The van der Waals surface area contributed by atoms with Crippen LogP contribution in [0.4, 0.5) is 13.2 Å². The van der Waals surface area contributed by atoms with Gasteiger partial charge < -0.3 is 10.3 Å². The first-order chi connectivity index (χ1) is 13.4. The summed E-state index contributed by atoms with van der Waals surface area (Å²) in [6.07, 6.45) is 1.38. The van der Waals surface area contributed by atoms with E-state index in [2.05, 4.69) is 20.3 Å². The molecular weight excluding hydrogens is 369 g/mol.